The molecule has 2 rings (SSSR count). The van der Waals surface area contributed by atoms with E-state index in [0.717, 1.165) is 0 Å². The molecule has 0 unspecified atom stereocenters. The number of aromatic hydroxyl groups is 1. The number of ether oxygens (including phenoxy) is 1. The van der Waals surface area contributed by atoms with Gasteiger partial charge in [-0.3, -0.25) is 4.79 Å². The number of nitrogens with zero attached hydrogens (tertiary/aromatic N) is 1. The second-order valence-electron chi connectivity index (χ2n) is 4.68. The second-order valence-corrected chi connectivity index (χ2v) is 5.09. The number of hydrogen-bond acceptors (Lipinski definition) is 4. The van der Waals surface area contributed by atoms with Crippen LogP contribution in [0.2, 0.25) is 5.02 Å². The fourth-order valence-corrected chi connectivity index (χ4v) is 2.10. The summed E-state index contributed by atoms with van der Waals surface area (Å²) in [6, 6.07) is 9.74. The van der Waals surface area contributed by atoms with Crippen molar-refractivity contribution < 1.29 is 19.0 Å². The van der Waals surface area contributed by atoms with E-state index in [4.69, 9.17) is 16.3 Å². The molecule has 0 radical (unpaired) electrons. The van der Waals surface area contributed by atoms with Crippen LogP contribution in [-0.2, 0) is 4.79 Å². The highest BCUT2D eigenvalue weighted by Gasteiger charge is 2.12. The van der Waals surface area contributed by atoms with Crippen LogP contribution in [0.3, 0.4) is 0 Å². The molecule has 0 aromatic heterocycles. The van der Waals surface area contributed by atoms with Gasteiger partial charge in [-0.1, -0.05) is 11.6 Å². The Hall–Kier alpha value is -3.04. The van der Waals surface area contributed by atoms with Crippen molar-refractivity contribution in [3.8, 4) is 17.6 Å². The molecular weight excluding hydrogens is 335 g/mol. The van der Waals surface area contributed by atoms with Gasteiger partial charge in [-0.25, -0.2) is 4.39 Å². The number of anilines is 1. The van der Waals surface area contributed by atoms with Crippen LogP contribution in [0.1, 0.15) is 5.56 Å². The number of nitriles is 1. The quantitative estimate of drug-likeness (QED) is 0.652. The van der Waals surface area contributed by atoms with Gasteiger partial charge in [0.2, 0.25) is 0 Å². The average molecular weight is 347 g/mol. The maximum atomic E-state index is 12.9. The standard InChI is InChI=1S/C17H12ClFN2O3/c1-24-15-8-10(7-14(18)16(15)22)6-11(9-20)17(23)21-13-4-2-12(19)3-5-13/h2-8,22H,1H3,(H,21,23)/b11-6+. The summed E-state index contributed by atoms with van der Waals surface area (Å²) in [6.45, 7) is 0. The lowest BCUT2D eigenvalue weighted by Gasteiger charge is -2.07. The predicted molar refractivity (Wildman–Crippen MR) is 88.3 cm³/mol. The predicted octanol–water partition coefficient (Wildman–Crippen LogP) is 3.74. The molecule has 0 spiro atoms. The minimum atomic E-state index is -0.660. The highest BCUT2D eigenvalue weighted by atomic mass is 35.5. The van der Waals surface area contributed by atoms with E-state index in [9.17, 15) is 19.6 Å². The van der Waals surface area contributed by atoms with Crippen molar-refractivity contribution >= 4 is 29.3 Å². The van der Waals surface area contributed by atoms with E-state index in [0.29, 0.717) is 11.3 Å². The maximum absolute atomic E-state index is 12.9. The molecule has 1 amide bonds. The molecule has 2 aromatic rings. The Kier molecular flexibility index (Phi) is 5.40. The SMILES string of the molecule is COc1cc(/C=C(\C#N)C(=O)Nc2ccc(F)cc2)cc(Cl)c1O. The lowest BCUT2D eigenvalue weighted by Crippen LogP contribution is -2.13. The molecule has 7 heteroatoms. The van der Waals surface area contributed by atoms with Crippen LogP contribution >= 0.6 is 11.6 Å². The fourth-order valence-electron chi connectivity index (χ4n) is 1.88. The molecule has 24 heavy (non-hydrogen) atoms. The Balaban J connectivity index is 2.29. The van der Waals surface area contributed by atoms with Gasteiger partial charge in [0.05, 0.1) is 12.1 Å². The van der Waals surface area contributed by atoms with Crippen LogP contribution in [0, 0.1) is 17.1 Å². The monoisotopic (exact) mass is 346 g/mol. The Labute approximate surface area is 142 Å². The number of amides is 1. The molecule has 0 aliphatic carbocycles. The summed E-state index contributed by atoms with van der Waals surface area (Å²) >= 11 is 5.87. The number of rotatable bonds is 4. The molecule has 0 heterocycles. The van der Waals surface area contributed by atoms with E-state index < -0.39 is 11.7 Å². The van der Waals surface area contributed by atoms with E-state index in [1.54, 1.807) is 6.07 Å². The van der Waals surface area contributed by atoms with Gasteiger partial charge in [-0.15, -0.1) is 0 Å². The molecule has 0 saturated carbocycles. The minimum Gasteiger partial charge on any atom is -0.503 e. The van der Waals surface area contributed by atoms with Crippen molar-refractivity contribution in [2.24, 2.45) is 0 Å². The number of phenols is 1. The van der Waals surface area contributed by atoms with Crippen LogP contribution in [-0.4, -0.2) is 18.1 Å². The Morgan fingerprint density at radius 1 is 1.38 bits per heavy atom. The number of phenolic OH excluding ortho intramolecular Hbond substituents is 1. The first-order valence-corrected chi connectivity index (χ1v) is 7.07. The topological polar surface area (TPSA) is 82.3 Å². The van der Waals surface area contributed by atoms with E-state index in [1.807, 2.05) is 0 Å². The molecule has 2 N–H and O–H groups in total. The molecule has 0 bridgehead atoms. The van der Waals surface area contributed by atoms with Crippen LogP contribution in [0.5, 0.6) is 11.5 Å². The van der Waals surface area contributed by atoms with E-state index in [2.05, 4.69) is 5.32 Å². The van der Waals surface area contributed by atoms with Gasteiger partial charge in [0.25, 0.3) is 5.91 Å². The molecular formula is C17H12ClFN2O3. The number of carbonyl (C=O) groups excluding carboxylic acids is 1. The van der Waals surface area contributed by atoms with E-state index >= 15 is 0 Å². The van der Waals surface area contributed by atoms with Crippen LogP contribution in [0.15, 0.2) is 42.0 Å². The van der Waals surface area contributed by atoms with Crippen LogP contribution < -0.4 is 10.1 Å². The average Bonchev–Trinajstić information content (AvgIpc) is 2.57. The van der Waals surface area contributed by atoms with Crippen molar-refractivity contribution in [3.63, 3.8) is 0 Å². The van der Waals surface area contributed by atoms with Crippen molar-refractivity contribution in [2.75, 3.05) is 12.4 Å². The zero-order chi connectivity index (χ0) is 17.7. The Morgan fingerprint density at radius 3 is 2.62 bits per heavy atom. The zero-order valence-corrected chi connectivity index (χ0v) is 13.3. The summed E-state index contributed by atoms with van der Waals surface area (Å²) in [4.78, 5) is 12.1. The van der Waals surface area contributed by atoms with Crippen molar-refractivity contribution in [1.82, 2.24) is 0 Å². The zero-order valence-electron chi connectivity index (χ0n) is 12.5. The van der Waals surface area contributed by atoms with Crippen LogP contribution in [0.4, 0.5) is 10.1 Å². The molecule has 2 aromatic carbocycles. The normalized spacial score (nSPS) is 10.8. The van der Waals surface area contributed by atoms with Gasteiger partial charge >= 0.3 is 0 Å². The molecule has 122 valence electrons. The van der Waals surface area contributed by atoms with E-state index in [-0.39, 0.29) is 22.1 Å². The first kappa shape index (κ1) is 17.3. The number of halogens is 2. The molecule has 5 nitrogen and oxygen atoms in total. The lowest BCUT2D eigenvalue weighted by molar-refractivity contribution is -0.112. The highest BCUT2D eigenvalue weighted by Crippen LogP contribution is 2.35. The highest BCUT2D eigenvalue weighted by molar-refractivity contribution is 6.32. The summed E-state index contributed by atoms with van der Waals surface area (Å²) in [5.41, 5.74) is 0.562. The van der Waals surface area contributed by atoms with Gasteiger partial charge in [-0.2, -0.15) is 5.26 Å². The van der Waals surface area contributed by atoms with Crippen molar-refractivity contribution in [1.29, 1.82) is 5.26 Å². The molecule has 0 saturated heterocycles. The molecule has 0 aliphatic heterocycles. The van der Waals surface area contributed by atoms with Crippen LogP contribution in [0.25, 0.3) is 6.08 Å². The summed E-state index contributed by atoms with van der Waals surface area (Å²) in [5, 5.41) is 21.4. The smallest absolute Gasteiger partial charge is 0.266 e. The summed E-state index contributed by atoms with van der Waals surface area (Å²) in [5.74, 6) is -1.21. The molecule has 0 aliphatic rings. The number of benzene rings is 2. The molecule has 0 atom stereocenters. The summed E-state index contributed by atoms with van der Waals surface area (Å²) in [7, 11) is 1.35. The summed E-state index contributed by atoms with van der Waals surface area (Å²) in [6.07, 6.45) is 1.30. The Bertz CT molecular complexity index is 842. The van der Waals surface area contributed by atoms with Gasteiger partial charge in [-0.05, 0) is 48.0 Å². The second kappa shape index (κ2) is 7.49. The van der Waals surface area contributed by atoms with Gasteiger partial charge in [0.1, 0.15) is 17.5 Å². The Morgan fingerprint density at radius 2 is 2.04 bits per heavy atom. The third kappa shape index (κ3) is 4.03. The number of hydrogen-bond donors (Lipinski definition) is 2. The number of nitrogens with one attached hydrogen (secondary N) is 1. The maximum Gasteiger partial charge on any atom is 0.266 e. The fraction of sp³-hybridized carbons (Fsp3) is 0.0588. The number of carbonyl (C=O) groups is 1. The summed E-state index contributed by atoms with van der Waals surface area (Å²) < 4.78 is 17.8. The largest absolute Gasteiger partial charge is 0.503 e. The third-order valence-corrected chi connectivity index (χ3v) is 3.34. The minimum absolute atomic E-state index is 0.0248. The van der Waals surface area contributed by atoms with Crippen molar-refractivity contribution in [3.05, 3.63) is 58.4 Å². The first-order chi connectivity index (χ1) is 11.4. The van der Waals surface area contributed by atoms with Gasteiger partial charge < -0.3 is 15.2 Å². The first-order valence-electron chi connectivity index (χ1n) is 6.70. The number of methoxy groups -OCH3 is 1. The van der Waals surface area contributed by atoms with Gasteiger partial charge in [0, 0.05) is 5.69 Å². The van der Waals surface area contributed by atoms with Gasteiger partial charge in [0.15, 0.2) is 11.5 Å². The van der Waals surface area contributed by atoms with Crippen molar-refractivity contribution in [2.45, 2.75) is 0 Å². The third-order valence-electron chi connectivity index (χ3n) is 3.05. The molecule has 0 fully saturated rings. The lowest BCUT2D eigenvalue weighted by atomic mass is 10.1. The van der Waals surface area contributed by atoms with E-state index in [1.165, 1.54) is 49.6 Å².